The molecule has 1 saturated heterocycles. The molecule has 130 valence electrons. The molecular formula is C15H18F5NO2. The maximum atomic E-state index is 13.1. The van der Waals surface area contributed by atoms with Crippen molar-refractivity contribution in [3.05, 3.63) is 23.8 Å². The summed E-state index contributed by atoms with van der Waals surface area (Å²) in [5.74, 6) is -4.24. The normalized spacial score (nSPS) is 18.2. The molecule has 2 rings (SSSR count). The molecule has 0 aromatic heterocycles. The van der Waals surface area contributed by atoms with Crippen LogP contribution in [-0.2, 0) is 0 Å². The summed E-state index contributed by atoms with van der Waals surface area (Å²) in [6.45, 7) is -1.07. The molecule has 0 aliphatic carbocycles. The fourth-order valence-electron chi connectivity index (χ4n) is 2.77. The number of benzene rings is 1. The van der Waals surface area contributed by atoms with E-state index < -0.39 is 18.6 Å². The highest BCUT2D eigenvalue weighted by molar-refractivity contribution is 5.41. The zero-order valence-corrected chi connectivity index (χ0v) is 12.5. The monoisotopic (exact) mass is 339 g/mol. The van der Waals surface area contributed by atoms with Gasteiger partial charge in [0.25, 0.3) is 0 Å². The molecule has 1 heterocycles. The summed E-state index contributed by atoms with van der Waals surface area (Å²) in [6, 6.07) is 4.83. The van der Waals surface area contributed by atoms with Crippen LogP contribution in [0.3, 0.4) is 0 Å². The molecule has 3 nitrogen and oxygen atoms in total. The number of hydrogen-bond acceptors (Lipinski definition) is 3. The van der Waals surface area contributed by atoms with Gasteiger partial charge < -0.3 is 9.84 Å². The van der Waals surface area contributed by atoms with E-state index in [2.05, 4.69) is 0 Å². The number of rotatable bonds is 4. The van der Waals surface area contributed by atoms with E-state index in [0.717, 1.165) is 4.90 Å². The topological polar surface area (TPSA) is 32.7 Å². The number of hydrogen-bond donors (Lipinski definition) is 1. The van der Waals surface area contributed by atoms with Crippen molar-refractivity contribution < 1.29 is 31.8 Å². The van der Waals surface area contributed by atoms with Gasteiger partial charge in [0.2, 0.25) is 0 Å². The fraction of sp³-hybridized carbons (Fsp3) is 0.600. The third-order valence-electron chi connectivity index (χ3n) is 4.10. The van der Waals surface area contributed by atoms with Gasteiger partial charge in [-0.05, 0) is 43.5 Å². The first-order valence-electron chi connectivity index (χ1n) is 7.18. The first-order chi connectivity index (χ1) is 10.6. The second-order valence-corrected chi connectivity index (χ2v) is 5.68. The van der Waals surface area contributed by atoms with E-state index >= 15 is 0 Å². The standard InChI is InChI=1S/C15H18F5NO2/c1-23-11-2-3-12(13(22)8-11)10-4-6-21(7-5-10)9-14(16,17)15(18,19)20/h2-3,8,10,22H,4-7,9H2,1H3. The van der Waals surface area contributed by atoms with Crippen molar-refractivity contribution in [1.82, 2.24) is 4.90 Å². The van der Waals surface area contributed by atoms with Crippen LogP contribution < -0.4 is 4.74 Å². The van der Waals surface area contributed by atoms with Gasteiger partial charge in [-0.25, -0.2) is 0 Å². The van der Waals surface area contributed by atoms with Gasteiger partial charge in [-0.1, -0.05) is 6.07 Å². The third-order valence-corrected chi connectivity index (χ3v) is 4.10. The van der Waals surface area contributed by atoms with Crippen molar-refractivity contribution in [2.24, 2.45) is 0 Å². The molecule has 0 bridgehead atoms. The highest BCUT2D eigenvalue weighted by Crippen LogP contribution is 2.39. The van der Waals surface area contributed by atoms with Gasteiger partial charge >= 0.3 is 12.1 Å². The van der Waals surface area contributed by atoms with Gasteiger partial charge in [-0.3, -0.25) is 4.90 Å². The average molecular weight is 339 g/mol. The van der Waals surface area contributed by atoms with Crippen LogP contribution in [0.25, 0.3) is 0 Å². The highest BCUT2D eigenvalue weighted by Gasteiger charge is 2.58. The number of aromatic hydroxyl groups is 1. The Bertz CT molecular complexity index is 539. The molecule has 8 heteroatoms. The Labute approximate surface area is 130 Å². The van der Waals surface area contributed by atoms with Crippen molar-refractivity contribution in [1.29, 1.82) is 0 Å². The SMILES string of the molecule is COc1ccc(C2CCN(CC(F)(F)C(F)(F)F)CC2)c(O)c1. The predicted octanol–water partition coefficient (Wildman–Crippen LogP) is 3.78. The largest absolute Gasteiger partial charge is 0.508 e. The van der Waals surface area contributed by atoms with Gasteiger partial charge in [0.05, 0.1) is 13.7 Å². The first-order valence-corrected chi connectivity index (χ1v) is 7.18. The van der Waals surface area contributed by atoms with Crippen molar-refractivity contribution >= 4 is 0 Å². The lowest BCUT2D eigenvalue weighted by Crippen LogP contribution is -2.48. The second-order valence-electron chi connectivity index (χ2n) is 5.68. The lowest BCUT2D eigenvalue weighted by molar-refractivity contribution is -0.287. The van der Waals surface area contributed by atoms with Crippen LogP contribution in [-0.4, -0.2) is 48.8 Å². The van der Waals surface area contributed by atoms with Crippen molar-refractivity contribution in [2.45, 2.75) is 30.9 Å². The number of methoxy groups -OCH3 is 1. The number of halogens is 5. The number of piperidine rings is 1. The summed E-state index contributed by atoms with van der Waals surface area (Å²) in [5, 5.41) is 9.97. The number of ether oxygens (including phenoxy) is 1. The molecule has 1 fully saturated rings. The zero-order chi connectivity index (χ0) is 17.3. The van der Waals surface area contributed by atoms with Gasteiger partial charge in [0, 0.05) is 6.07 Å². The molecule has 0 amide bonds. The van der Waals surface area contributed by atoms with E-state index in [9.17, 15) is 27.1 Å². The van der Waals surface area contributed by atoms with E-state index in [-0.39, 0.29) is 24.8 Å². The number of nitrogens with zero attached hydrogens (tertiary/aromatic N) is 1. The Balaban J connectivity index is 1.96. The summed E-state index contributed by atoms with van der Waals surface area (Å²) in [5.41, 5.74) is 0.660. The molecule has 0 radical (unpaired) electrons. The summed E-state index contributed by atoms with van der Waals surface area (Å²) < 4.78 is 67.8. The van der Waals surface area contributed by atoms with E-state index in [1.54, 1.807) is 12.1 Å². The zero-order valence-electron chi connectivity index (χ0n) is 12.5. The lowest BCUT2D eigenvalue weighted by Gasteiger charge is -2.34. The van der Waals surface area contributed by atoms with Crippen LogP contribution >= 0.6 is 0 Å². The van der Waals surface area contributed by atoms with Gasteiger partial charge in [0.15, 0.2) is 0 Å². The minimum Gasteiger partial charge on any atom is -0.508 e. The molecule has 1 N–H and O–H groups in total. The molecule has 0 unspecified atom stereocenters. The maximum absolute atomic E-state index is 13.1. The lowest BCUT2D eigenvalue weighted by atomic mass is 9.88. The van der Waals surface area contributed by atoms with Crippen LogP contribution in [0.5, 0.6) is 11.5 Å². The number of phenols is 1. The van der Waals surface area contributed by atoms with Gasteiger partial charge in [0.1, 0.15) is 11.5 Å². The molecule has 0 saturated carbocycles. The van der Waals surface area contributed by atoms with Crippen molar-refractivity contribution in [3.8, 4) is 11.5 Å². The molecule has 1 aromatic rings. The molecule has 1 aromatic carbocycles. The van der Waals surface area contributed by atoms with Crippen LogP contribution in [0.4, 0.5) is 22.0 Å². The number of likely N-dealkylation sites (tertiary alicyclic amines) is 1. The van der Waals surface area contributed by atoms with Crippen LogP contribution in [0.15, 0.2) is 18.2 Å². The molecule has 1 aliphatic rings. The van der Waals surface area contributed by atoms with E-state index in [4.69, 9.17) is 4.74 Å². The fourth-order valence-corrected chi connectivity index (χ4v) is 2.77. The first kappa shape index (κ1) is 17.8. The molecule has 0 spiro atoms. The highest BCUT2D eigenvalue weighted by atomic mass is 19.4. The van der Waals surface area contributed by atoms with E-state index in [0.29, 0.717) is 24.2 Å². The molecule has 23 heavy (non-hydrogen) atoms. The Morgan fingerprint density at radius 3 is 2.26 bits per heavy atom. The van der Waals surface area contributed by atoms with Crippen LogP contribution in [0.2, 0.25) is 0 Å². The van der Waals surface area contributed by atoms with Crippen molar-refractivity contribution in [2.75, 3.05) is 26.7 Å². The number of alkyl halides is 5. The summed E-state index contributed by atoms with van der Waals surface area (Å²) in [6.07, 6.45) is -4.71. The van der Waals surface area contributed by atoms with Gasteiger partial charge in [-0.15, -0.1) is 0 Å². The van der Waals surface area contributed by atoms with Gasteiger partial charge in [-0.2, -0.15) is 22.0 Å². The second kappa shape index (κ2) is 6.51. The van der Waals surface area contributed by atoms with Crippen LogP contribution in [0, 0.1) is 0 Å². The molecule has 1 aliphatic heterocycles. The number of phenolic OH excluding ortho intramolecular Hbond substituents is 1. The summed E-state index contributed by atoms with van der Waals surface area (Å²) >= 11 is 0. The minimum absolute atomic E-state index is 0.0448. The van der Waals surface area contributed by atoms with E-state index in [1.807, 2.05) is 0 Å². The summed E-state index contributed by atoms with van der Waals surface area (Å²) in [7, 11) is 1.47. The minimum atomic E-state index is -5.53. The van der Waals surface area contributed by atoms with E-state index in [1.165, 1.54) is 13.2 Å². The smallest absolute Gasteiger partial charge is 0.454 e. The molecule has 0 atom stereocenters. The summed E-state index contributed by atoms with van der Waals surface area (Å²) in [4.78, 5) is 1.12. The Kier molecular flexibility index (Phi) is 5.03. The average Bonchev–Trinajstić information content (AvgIpc) is 2.46. The Hall–Kier alpha value is -1.57. The third kappa shape index (κ3) is 4.04. The quantitative estimate of drug-likeness (QED) is 0.848. The Morgan fingerprint density at radius 2 is 1.78 bits per heavy atom. The van der Waals surface area contributed by atoms with Crippen molar-refractivity contribution in [3.63, 3.8) is 0 Å². The predicted molar refractivity (Wildman–Crippen MR) is 74.1 cm³/mol. The maximum Gasteiger partial charge on any atom is 0.454 e. The Morgan fingerprint density at radius 1 is 1.17 bits per heavy atom. The molecular weight excluding hydrogens is 321 g/mol. The van der Waals surface area contributed by atoms with Crippen LogP contribution in [0.1, 0.15) is 24.3 Å².